The van der Waals surface area contributed by atoms with E-state index in [1.807, 2.05) is 0 Å². The zero-order valence-electron chi connectivity index (χ0n) is 14.2. The van der Waals surface area contributed by atoms with Gasteiger partial charge in [0.05, 0.1) is 4.90 Å². The van der Waals surface area contributed by atoms with Crippen LogP contribution < -0.4 is 14.8 Å². The van der Waals surface area contributed by atoms with Gasteiger partial charge in [-0.3, -0.25) is 4.79 Å². The van der Waals surface area contributed by atoms with E-state index in [-0.39, 0.29) is 18.2 Å². The van der Waals surface area contributed by atoms with Crippen molar-refractivity contribution in [3.63, 3.8) is 0 Å². The molecule has 1 fully saturated rings. The van der Waals surface area contributed by atoms with E-state index in [1.54, 1.807) is 18.2 Å². The third-order valence-corrected chi connectivity index (χ3v) is 6.49. The molecular weight excluding hydrogens is 375 g/mol. The maximum absolute atomic E-state index is 13.1. The van der Waals surface area contributed by atoms with Crippen molar-refractivity contribution < 1.29 is 27.1 Å². The molecule has 142 valence electrons. The van der Waals surface area contributed by atoms with Crippen LogP contribution in [0.5, 0.6) is 11.5 Å². The molecule has 9 heteroatoms. The summed E-state index contributed by atoms with van der Waals surface area (Å²) >= 11 is 0. The Hall–Kier alpha value is -2.65. The summed E-state index contributed by atoms with van der Waals surface area (Å²) in [6, 6.07) is 8.73. The summed E-state index contributed by atoms with van der Waals surface area (Å²) in [6.45, 7) is 0.359. The number of ether oxygens (including phenoxy) is 2. The number of hydrogen-bond donors (Lipinski definition) is 1. The lowest BCUT2D eigenvalue weighted by Gasteiger charge is -2.23. The lowest BCUT2D eigenvalue weighted by Crippen LogP contribution is -2.43. The number of carbonyl (C=O) groups is 1. The van der Waals surface area contributed by atoms with Crippen molar-refractivity contribution in [2.45, 2.75) is 23.8 Å². The van der Waals surface area contributed by atoms with Gasteiger partial charge in [0, 0.05) is 18.3 Å². The van der Waals surface area contributed by atoms with Crippen LogP contribution in [0.1, 0.15) is 12.8 Å². The van der Waals surface area contributed by atoms with Gasteiger partial charge in [0.25, 0.3) is 0 Å². The number of hydrogen-bond acceptors (Lipinski definition) is 5. The maximum atomic E-state index is 13.1. The summed E-state index contributed by atoms with van der Waals surface area (Å²) < 4.78 is 50.5. The van der Waals surface area contributed by atoms with Crippen molar-refractivity contribution in [1.82, 2.24) is 4.31 Å². The molecular formula is C18H17FN2O5S. The van der Waals surface area contributed by atoms with Gasteiger partial charge in [0.1, 0.15) is 11.9 Å². The third kappa shape index (κ3) is 3.35. The number of halogens is 1. The van der Waals surface area contributed by atoms with E-state index in [0.29, 0.717) is 30.0 Å². The summed E-state index contributed by atoms with van der Waals surface area (Å²) in [7, 11) is -3.89. The summed E-state index contributed by atoms with van der Waals surface area (Å²) in [5.74, 6) is 0.175. The van der Waals surface area contributed by atoms with Crippen molar-refractivity contribution in [3.05, 3.63) is 48.3 Å². The lowest BCUT2D eigenvalue weighted by molar-refractivity contribution is -0.119. The average molecular weight is 392 g/mol. The molecule has 0 aliphatic carbocycles. The van der Waals surface area contributed by atoms with Crippen LogP contribution in [0.15, 0.2) is 47.4 Å². The van der Waals surface area contributed by atoms with Crippen molar-refractivity contribution in [1.29, 1.82) is 0 Å². The quantitative estimate of drug-likeness (QED) is 0.863. The lowest BCUT2D eigenvalue weighted by atomic mass is 10.2. The molecule has 1 amide bonds. The Bertz CT molecular complexity index is 978. The van der Waals surface area contributed by atoms with Gasteiger partial charge in [0.15, 0.2) is 11.5 Å². The Morgan fingerprint density at radius 3 is 2.63 bits per heavy atom. The van der Waals surface area contributed by atoms with Crippen LogP contribution in [0, 0.1) is 5.82 Å². The smallest absolute Gasteiger partial charge is 0.243 e. The number of rotatable bonds is 4. The zero-order valence-corrected chi connectivity index (χ0v) is 15.0. The second-order valence-corrected chi connectivity index (χ2v) is 8.18. The average Bonchev–Trinajstić information content (AvgIpc) is 3.31. The predicted octanol–water partition coefficient (Wildman–Crippen LogP) is 2.35. The fourth-order valence-electron chi connectivity index (χ4n) is 3.23. The van der Waals surface area contributed by atoms with Crippen LogP contribution >= 0.6 is 0 Å². The van der Waals surface area contributed by atoms with E-state index in [1.165, 1.54) is 16.4 Å². The Morgan fingerprint density at radius 2 is 1.85 bits per heavy atom. The number of amides is 1. The topological polar surface area (TPSA) is 84.9 Å². The number of benzene rings is 2. The van der Waals surface area contributed by atoms with Gasteiger partial charge >= 0.3 is 0 Å². The third-order valence-electron chi connectivity index (χ3n) is 4.57. The van der Waals surface area contributed by atoms with Gasteiger partial charge in [-0.15, -0.1) is 0 Å². The Kier molecular flexibility index (Phi) is 4.48. The molecule has 0 bridgehead atoms. The highest BCUT2D eigenvalue weighted by atomic mass is 32.2. The Labute approximate surface area is 155 Å². The highest BCUT2D eigenvalue weighted by molar-refractivity contribution is 7.89. The largest absolute Gasteiger partial charge is 0.454 e. The van der Waals surface area contributed by atoms with Gasteiger partial charge in [-0.25, -0.2) is 12.8 Å². The van der Waals surface area contributed by atoms with Gasteiger partial charge in [0.2, 0.25) is 22.7 Å². The van der Waals surface area contributed by atoms with Gasteiger partial charge in [-0.1, -0.05) is 0 Å². The Morgan fingerprint density at radius 1 is 1.11 bits per heavy atom. The van der Waals surface area contributed by atoms with Crippen LogP contribution in [-0.2, 0) is 14.8 Å². The first kappa shape index (κ1) is 17.7. The zero-order chi connectivity index (χ0) is 19.0. The van der Waals surface area contributed by atoms with E-state index in [4.69, 9.17) is 9.47 Å². The molecule has 2 aromatic rings. The van der Waals surface area contributed by atoms with Gasteiger partial charge in [-0.2, -0.15) is 4.31 Å². The van der Waals surface area contributed by atoms with E-state index < -0.39 is 27.8 Å². The number of nitrogens with zero attached hydrogens (tertiary/aromatic N) is 1. The van der Waals surface area contributed by atoms with Crippen LogP contribution in [0.2, 0.25) is 0 Å². The van der Waals surface area contributed by atoms with Crippen molar-refractivity contribution in [3.8, 4) is 11.5 Å². The summed E-state index contributed by atoms with van der Waals surface area (Å²) in [5, 5.41) is 2.74. The normalized spacial score (nSPS) is 19.2. The van der Waals surface area contributed by atoms with Crippen molar-refractivity contribution >= 4 is 21.6 Å². The second kappa shape index (κ2) is 6.82. The summed E-state index contributed by atoms with van der Waals surface area (Å²) in [4.78, 5) is 12.7. The molecule has 2 aliphatic rings. The molecule has 0 radical (unpaired) electrons. The molecule has 1 saturated heterocycles. The number of fused-ring (bicyclic) bond motifs is 1. The highest BCUT2D eigenvalue weighted by Crippen LogP contribution is 2.34. The van der Waals surface area contributed by atoms with Crippen molar-refractivity contribution in [2.24, 2.45) is 0 Å². The molecule has 0 spiro atoms. The summed E-state index contributed by atoms with van der Waals surface area (Å²) in [6.07, 6.45) is 0.983. The molecule has 0 aromatic heterocycles. The van der Waals surface area contributed by atoms with Crippen LogP contribution in [0.25, 0.3) is 0 Å². The molecule has 7 nitrogen and oxygen atoms in total. The predicted molar refractivity (Wildman–Crippen MR) is 94.5 cm³/mol. The fraction of sp³-hybridized carbons (Fsp3) is 0.278. The SMILES string of the molecule is O=C(Nc1ccc2c(c1)OCO2)C1CCCN1S(=O)(=O)c1ccc(F)cc1. The fourth-order valence-corrected chi connectivity index (χ4v) is 4.89. The monoisotopic (exact) mass is 392 g/mol. The minimum atomic E-state index is -3.89. The first-order valence-corrected chi connectivity index (χ1v) is 9.87. The molecule has 1 atom stereocenters. The van der Waals surface area contributed by atoms with E-state index in [2.05, 4.69) is 5.32 Å². The number of nitrogens with one attached hydrogen (secondary N) is 1. The van der Waals surface area contributed by atoms with Crippen molar-refractivity contribution in [2.75, 3.05) is 18.7 Å². The second-order valence-electron chi connectivity index (χ2n) is 6.28. The Balaban J connectivity index is 1.54. The number of anilines is 1. The first-order chi connectivity index (χ1) is 12.9. The van der Waals surface area contributed by atoms with Crippen LogP contribution in [0.4, 0.5) is 10.1 Å². The number of carbonyl (C=O) groups excluding carboxylic acids is 1. The molecule has 2 aliphatic heterocycles. The van der Waals surface area contributed by atoms with Crippen LogP contribution in [0.3, 0.4) is 0 Å². The van der Waals surface area contributed by atoms with Crippen LogP contribution in [-0.4, -0.2) is 38.0 Å². The molecule has 0 saturated carbocycles. The number of sulfonamides is 1. The molecule has 2 aromatic carbocycles. The molecule has 4 rings (SSSR count). The van der Waals surface area contributed by atoms with E-state index >= 15 is 0 Å². The summed E-state index contributed by atoms with van der Waals surface area (Å²) in [5.41, 5.74) is 0.496. The van der Waals surface area contributed by atoms with E-state index in [0.717, 1.165) is 12.1 Å². The van der Waals surface area contributed by atoms with E-state index in [9.17, 15) is 17.6 Å². The minimum absolute atomic E-state index is 0.0355. The maximum Gasteiger partial charge on any atom is 0.243 e. The molecule has 27 heavy (non-hydrogen) atoms. The standard InChI is InChI=1S/C18H17FN2O5S/c19-12-3-6-14(7-4-12)27(23,24)21-9-1-2-15(21)18(22)20-13-5-8-16-17(10-13)26-11-25-16/h3-8,10,15H,1-2,9,11H2,(H,20,22). The molecule has 2 heterocycles. The van der Waals surface area contributed by atoms with Gasteiger partial charge in [-0.05, 0) is 49.2 Å². The first-order valence-electron chi connectivity index (χ1n) is 8.43. The minimum Gasteiger partial charge on any atom is -0.454 e. The molecule has 1 N–H and O–H groups in total. The highest BCUT2D eigenvalue weighted by Gasteiger charge is 2.39. The van der Waals surface area contributed by atoms with Gasteiger partial charge < -0.3 is 14.8 Å². The molecule has 1 unspecified atom stereocenters.